The number of sulfone groups is 1. The Hall–Kier alpha value is -1.91. The summed E-state index contributed by atoms with van der Waals surface area (Å²) in [6.07, 6.45) is 0. The quantitative estimate of drug-likeness (QED) is 0.732. The summed E-state index contributed by atoms with van der Waals surface area (Å²) in [5, 5.41) is 8.84. The summed E-state index contributed by atoms with van der Waals surface area (Å²) >= 11 is 1.28. The van der Waals surface area contributed by atoms with Gasteiger partial charge in [0.05, 0.1) is 17.5 Å². The van der Waals surface area contributed by atoms with Gasteiger partial charge in [-0.2, -0.15) is 4.99 Å². The number of carbonyl (C=O) groups is 2. The van der Waals surface area contributed by atoms with Gasteiger partial charge < -0.3 is 14.7 Å². The van der Waals surface area contributed by atoms with Gasteiger partial charge in [0, 0.05) is 11.8 Å². The number of carbonyl (C=O) groups excluding carboxylic acids is 1. The molecule has 0 aliphatic carbocycles. The molecule has 10 heteroatoms. The number of aliphatic imine (C=N–C) groups is 1. The second kappa shape index (κ2) is 7.77. The van der Waals surface area contributed by atoms with Gasteiger partial charge in [-0.3, -0.25) is 4.79 Å². The zero-order valence-electron chi connectivity index (χ0n) is 13.8. The highest BCUT2D eigenvalue weighted by Crippen LogP contribution is 2.38. The van der Waals surface area contributed by atoms with E-state index in [1.54, 1.807) is 0 Å². The van der Waals surface area contributed by atoms with Crippen LogP contribution < -0.4 is 0 Å². The third-order valence-corrected chi connectivity index (χ3v) is 7.29. The summed E-state index contributed by atoms with van der Waals surface area (Å²) in [5.41, 5.74) is 0.986. The molecule has 2 fully saturated rings. The van der Waals surface area contributed by atoms with Crippen LogP contribution in [0.15, 0.2) is 35.3 Å². The predicted molar refractivity (Wildman–Crippen MR) is 96.7 cm³/mol. The van der Waals surface area contributed by atoms with E-state index >= 15 is 0 Å². The number of fused-ring (bicyclic) bond motifs is 1. The van der Waals surface area contributed by atoms with Crippen LogP contribution in [0.2, 0.25) is 0 Å². The van der Waals surface area contributed by atoms with E-state index in [0.29, 0.717) is 11.7 Å². The lowest BCUT2D eigenvalue weighted by Gasteiger charge is -2.24. The van der Waals surface area contributed by atoms with Crippen LogP contribution in [-0.2, 0) is 30.7 Å². The Morgan fingerprint density at radius 2 is 1.96 bits per heavy atom. The monoisotopic (exact) mass is 398 g/mol. The van der Waals surface area contributed by atoms with E-state index in [0.717, 1.165) is 5.56 Å². The van der Waals surface area contributed by atoms with Crippen molar-refractivity contribution in [2.75, 3.05) is 24.7 Å². The summed E-state index contributed by atoms with van der Waals surface area (Å²) in [6, 6.07) is 9.31. The van der Waals surface area contributed by atoms with Crippen LogP contribution in [-0.4, -0.2) is 71.5 Å². The molecule has 2 atom stereocenters. The molecule has 0 saturated carbocycles. The number of rotatable bonds is 6. The molecule has 2 heterocycles. The Bertz CT molecular complexity index is 824. The van der Waals surface area contributed by atoms with Crippen molar-refractivity contribution in [1.29, 1.82) is 0 Å². The fraction of sp³-hybridized carbons (Fsp3) is 0.438. The van der Waals surface area contributed by atoms with Crippen LogP contribution >= 0.6 is 11.8 Å². The molecule has 1 amide bonds. The van der Waals surface area contributed by atoms with Crippen molar-refractivity contribution in [2.24, 2.45) is 4.99 Å². The van der Waals surface area contributed by atoms with Gasteiger partial charge in [0.15, 0.2) is 15.0 Å². The Balaban J connectivity index is 1.76. The summed E-state index contributed by atoms with van der Waals surface area (Å²) in [7, 11) is -3.10. The number of nitrogens with zero attached hydrogens (tertiary/aromatic N) is 2. The molecule has 8 nitrogen and oxygen atoms in total. The number of amides is 1. The maximum Gasteiger partial charge on any atom is 0.329 e. The molecule has 140 valence electrons. The Labute approximate surface area is 155 Å². The van der Waals surface area contributed by atoms with E-state index in [2.05, 4.69) is 4.99 Å². The fourth-order valence-corrected chi connectivity index (χ4v) is 6.93. The number of thioether (sulfide) groups is 1. The van der Waals surface area contributed by atoms with Gasteiger partial charge in [0.2, 0.25) is 0 Å². The molecule has 0 bridgehead atoms. The first-order valence-corrected chi connectivity index (χ1v) is 10.6. The number of benzene rings is 1. The van der Waals surface area contributed by atoms with Gasteiger partial charge in [0.1, 0.15) is 13.2 Å². The number of hydrogen-bond donors (Lipinski definition) is 1. The number of ether oxygens (including phenoxy) is 1. The molecule has 2 aliphatic heterocycles. The van der Waals surface area contributed by atoms with E-state index in [9.17, 15) is 18.0 Å². The zero-order valence-corrected chi connectivity index (χ0v) is 15.4. The van der Waals surface area contributed by atoms with Gasteiger partial charge in [-0.15, -0.1) is 0 Å². The van der Waals surface area contributed by atoms with Gasteiger partial charge in [-0.25, -0.2) is 13.2 Å². The van der Waals surface area contributed by atoms with Crippen LogP contribution in [0.1, 0.15) is 5.56 Å². The van der Waals surface area contributed by atoms with Gasteiger partial charge >= 0.3 is 5.97 Å². The number of aliphatic carboxylic acids is 1. The second-order valence-corrected chi connectivity index (χ2v) is 9.45. The normalized spacial score (nSPS) is 25.4. The van der Waals surface area contributed by atoms with Crippen molar-refractivity contribution >= 4 is 38.6 Å². The molecule has 0 spiro atoms. The third-order valence-electron chi connectivity index (χ3n) is 4.04. The van der Waals surface area contributed by atoms with Crippen molar-refractivity contribution in [3.8, 4) is 0 Å². The molecule has 1 N–H and O–H groups in total. The van der Waals surface area contributed by atoms with Crippen LogP contribution in [0.5, 0.6) is 0 Å². The highest BCUT2D eigenvalue weighted by atomic mass is 32.2. The number of hydrogen-bond acceptors (Lipinski definition) is 6. The topological polar surface area (TPSA) is 113 Å². The van der Waals surface area contributed by atoms with E-state index in [-0.39, 0.29) is 22.8 Å². The van der Waals surface area contributed by atoms with E-state index in [1.807, 2.05) is 35.2 Å². The molecule has 1 aromatic rings. The number of carboxylic acids is 1. The van der Waals surface area contributed by atoms with Crippen LogP contribution in [0.3, 0.4) is 0 Å². The molecular weight excluding hydrogens is 380 g/mol. The lowest BCUT2D eigenvalue weighted by Crippen LogP contribution is -2.37. The molecular formula is C16H18N2O6S2. The van der Waals surface area contributed by atoms with E-state index in [4.69, 9.17) is 9.84 Å². The number of carboxylic acid groups (broad SMARTS) is 1. The SMILES string of the molecule is O=C(O)COCC(=O)N=C1S[C@@H]2CS(=O)(=O)C[C@@H]2N1Cc1ccccc1. The van der Waals surface area contributed by atoms with Gasteiger partial charge in [-0.1, -0.05) is 42.1 Å². The summed E-state index contributed by atoms with van der Waals surface area (Å²) in [4.78, 5) is 28.3. The number of amidine groups is 1. The average molecular weight is 398 g/mol. The smallest absolute Gasteiger partial charge is 0.329 e. The molecule has 26 heavy (non-hydrogen) atoms. The highest BCUT2D eigenvalue weighted by Gasteiger charge is 2.48. The van der Waals surface area contributed by atoms with Gasteiger partial charge in [-0.05, 0) is 5.56 Å². The molecule has 2 saturated heterocycles. The third kappa shape index (κ3) is 4.63. The van der Waals surface area contributed by atoms with Crippen molar-refractivity contribution in [2.45, 2.75) is 17.8 Å². The molecule has 1 aromatic carbocycles. The molecule has 3 rings (SSSR count). The molecule has 0 unspecified atom stereocenters. The minimum atomic E-state index is -3.10. The van der Waals surface area contributed by atoms with E-state index in [1.165, 1.54) is 11.8 Å². The molecule has 2 aliphatic rings. The Morgan fingerprint density at radius 3 is 2.65 bits per heavy atom. The predicted octanol–water partition coefficient (Wildman–Crippen LogP) is 0.385. The first kappa shape index (κ1) is 18.9. The van der Waals surface area contributed by atoms with Gasteiger partial charge in [0.25, 0.3) is 5.91 Å². The maximum absolute atomic E-state index is 12.0. The lowest BCUT2D eigenvalue weighted by molar-refractivity contribution is -0.143. The van der Waals surface area contributed by atoms with Crippen molar-refractivity contribution in [3.05, 3.63) is 35.9 Å². The van der Waals surface area contributed by atoms with Crippen LogP contribution in [0, 0.1) is 0 Å². The summed E-state index contributed by atoms with van der Waals surface area (Å²) in [5.74, 6) is -1.64. The second-order valence-electron chi connectivity index (χ2n) is 6.09. The van der Waals surface area contributed by atoms with Crippen molar-refractivity contribution < 1.29 is 27.9 Å². The van der Waals surface area contributed by atoms with Crippen molar-refractivity contribution in [3.63, 3.8) is 0 Å². The minimum absolute atomic E-state index is 0.0419. The Kier molecular flexibility index (Phi) is 5.64. The molecule has 0 aromatic heterocycles. The van der Waals surface area contributed by atoms with Crippen molar-refractivity contribution in [1.82, 2.24) is 4.90 Å². The largest absolute Gasteiger partial charge is 0.480 e. The Morgan fingerprint density at radius 1 is 1.23 bits per heavy atom. The van der Waals surface area contributed by atoms with Crippen LogP contribution in [0.4, 0.5) is 0 Å². The lowest BCUT2D eigenvalue weighted by atomic mass is 10.1. The maximum atomic E-state index is 12.0. The summed E-state index contributed by atoms with van der Waals surface area (Å²) < 4.78 is 28.7. The standard InChI is InChI=1S/C16H18N2O6S2/c19-14(7-24-8-15(20)21)17-16-18(6-11-4-2-1-3-5-11)12-9-26(22,23)10-13(12)25-16/h1-5,12-13H,6-10H2,(H,20,21)/t12-,13+/m0/s1. The van der Waals surface area contributed by atoms with Crippen LogP contribution in [0.25, 0.3) is 0 Å². The van der Waals surface area contributed by atoms with E-state index < -0.39 is 34.9 Å². The zero-order chi connectivity index (χ0) is 18.7. The highest BCUT2D eigenvalue weighted by molar-refractivity contribution is 8.15. The average Bonchev–Trinajstić information content (AvgIpc) is 3.01. The first-order chi connectivity index (χ1) is 12.3. The molecule has 0 radical (unpaired) electrons. The summed E-state index contributed by atoms with van der Waals surface area (Å²) in [6.45, 7) is -0.545. The fourth-order valence-electron chi connectivity index (χ4n) is 2.97. The first-order valence-electron chi connectivity index (χ1n) is 7.93. The minimum Gasteiger partial charge on any atom is -0.480 e.